The van der Waals surface area contributed by atoms with Gasteiger partial charge in [-0.1, -0.05) is 55.2 Å². The van der Waals surface area contributed by atoms with Gasteiger partial charge in [0.05, 0.1) is 26.3 Å². The number of benzene rings is 2. The molecule has 0 bridgehead atoms. The molecule has 2 rings (SSSR count). The van der Waals surface area contributed by atoms with Crippen LogP contribution >= 0.6 is 0 Å². The molecule has 0 unspecified atom stereocenters. The van der Waals surface area contributed by atoms with E-state index in [1.165, 1.54) is 36.6 Å². The fraction of sp³-hybridized carbons (Fsp3) is 0.222. The molecule has 0 heterocycles. The lowest BCUT2D eigenvalue weighted by Gasteiger charge is -2.15. The van der Waals surface area contributed by atoms with E-state index in [2.05, 4.69) is 54.7 Å². The maximum atomic E-state index is 10.9. The van der Waals surface area contributed by atoms with Crippen molar-refractivity contribution in [3.8, 4) is 0 Å². The SMILES string of the molecule is COC(=O)c1ccc(C(=O)O)cc1.C[Si](C)(C)c1ccccc1. The van der Waals surface area contributed by atoms with E-state index in [0.717, 1.165) is 0 Å². The lowest BCUT2D eigenvalue weighted by molar-refractivity contribution is 0.0598. The molecule has 0 aromatic heterocycles. The number of carboxylic acids is 1. The minimum absolute atomic E-state index is 0.146. The van der Waals surface area contributed by atoms with Crippen LogP contribution in [0.5, 0.6) is 0 Å². The van der Waals surface area contributed by atoms with Gasteiger partial charge in [0.2, 0.25) is 0 Å². The minimum atomic E-state index is -1.03. The average Bonchev–Trinajstić information content (AvgIpc) is 2.55. The van der Waals surface area contributed by atoms with E-state index >= 15 is 0 Å². The number of hydrogen-bond acceptors (Lipinski definition) is 3. The van der Waals surface area contributed by atoms with E-state index in [0.29, 0.717) is 5.56 Å². The summed E-state index contributed by atoms with van der Waals surface area (Å²) in [6, 6.07) is 16.3. The van der Waals surface area contributed by atoms with Crippen molar-refractivity contribution in [2.24, 2.45) is 0 Å². The number of aromatic carboxylic acids is 1. The third-order valence-electron chi connectivity index (χ3n) is 3.19. The summed E-state index contributed by atoms with van der Waals surface area (Å²) < 4.78 is 4.45. The van der Waals surface area contributed by atoms with Crippen molar-refractivity contribution in [2.75, 3.05) is 7.11 Å². The highest BCUT2D eigenvalue weighted by Crippen LogP contribution is 2.05. The molecule has 23 heavy (non-hydrogen) atoms. The van der Waals surface area contributed by atoms with Crippen LogP contribution in [0.25, 0.3) is 0 Å². The van der Waals surface area contributed by atoms with Gasteiger partial charge >= 0.3 is 11.9 Å². The lowest BCUT2D eigenvalue weighted by Crippen LogP contribution is -2.37. The molecule has 5 heteroatoms. The molecule has 0 aliphatic heterocycles. The van der Waals surface area contributed by atoms with Gasteiger partial charge in [-0.05, 0) is 24.3 Å². The van der Waals surface area contributed by atoms with E-state index < -0.39 is 20.0 Å². The van der Waals surface area contributed by atoms with E-state index in [1.54, 1.807) is 0 Å². The number of carbonyl (C=O) groups excluding carboxylic acids is 1. The summed E-state index contributed by atoms with van der Waals surface area (Å²) in [5, 5.41) is 10.1. The second kappa shape index (κ2) is 8.29. The fourth-order valence-corrected chi connectivity index (χ4v) is 3.00. The van der Waals surface area contributed by atoms with Crippen molar-refractivity contribution in [3.05, 3.63) is 65.7 Å². The van der Waals surface area contributed by atoms with E-state index in [9.17, 15) is 9.59 Å². The van der Waals surface area contributed by atoms with Crippen molar-refractivity contribution in [2.45, 2.75) is 19.6 Å². The van der Waals surface area contributed by atoms with Crippen LogP contribution in [0.15, 0.2) is 54.6 Å². The number of esters is 1. The molecule has 2 aromatic rings. The zero-order chi connectivity index (χ0) is 17.5. The summed E-state index contributed by atoms with van der Waals surface area (Å²) in [5.41, 5.74) is 0.486. The lowest BCUT2D eigenvalue weighted by atomic mass is 10.1. The van der Waals surface area contributed by atoms with Crippen LogP contribution in [0.2, 0.25) is 19.6 Å². The Labute approximate surface area is 137 Å². The predicted octanol–water partition coefficient (Wildman–Crippen LogP) is 3.40. The molecule has 0 saturated carbocycles. The van der Waals surface area contributed by atoms with Crippen LogP contribution in [-0.2, 0) is 4.74 Å². The highest BCUT2D eigenvalue weighted by Gasteiger charge is 2.14. The smallest absolute Gasteiger partial charge is 0.337 e. The number of ether oxygens (including phenoxy) is 1. The number of methoxy groups -OCH3 is 1. The largest absolute Gasteiger partial charge is 0.478 e. The Hall–Kier alpha value is -2.40. The van der Waals surface area contributed by atoms with Gasteiger partial charge < -0.3 is 9.84 Å². The number of hydrogen-bond donors (Lipinski definition) is 1. The van der Waals surface area contributed by atoms with Crippen LogP contribution in [0.1, 0.15) is 20.7 Å². The average molecular weight is 330 g/mol. The van der Waals surface area contributed by atoms with Gasteiger partial charge in [0, 0.05) is 0 Å². The number of carboxylic acid groups (broad SMARTS) is 1. The normalized spacial score (nSPS) is 10.3. The third kappa shape index (κ3) is 6.08. The number of carbonyl (C=O) groups is 2. The Morgan fingerprint density at radius 1 is 0.870 bits per heavy atom. The molecular weight excluding hydrogens is 308 g/mol. The van der Waals surface area contributed by atoms with Crippen molar-refractivity contribution in [1.29, 1.82) is 0 Å². The molecule has 0 fully saturated rings. The quantitative estimate of drug-likeness (QED) is 0.692. The second-order valence-electron chi connectivity index (χ2n) is 5.99. The van der Waals surface area contributed by atoms with E-state index in [4.69, 9.17) is 5.11 Å². The van der Waals surface area contributed by atoms with Gasteiger partial charge in [-0.15, -0.1) is 0 Å². The molecule has 122 valence electrons. The first kappa shape index (κ1) is 18.6. The Morgan fingerprint density at radius 2 is 1.35 bits per heavy atom. The predicted molar refractivity (Wildman–Crippen MR) is 94.2 cm³/mol. The highest BCUT2D eigenvalue weighted by molar-refractivity contribution is 6.88. The van der Waals surface area contributed by atoms with Gasteiger partial charge in [0.25, 0.3) is 0 Å². The molecule has 0 amide bonds. The Kier molecular flexibility index (Phi) is 6.72. The first-order valence-corrected chi connectivity index (χ1v) is 10.7. The highest BCUT2D eigenvalue weighted by atomic mass is 28.3. The summed E-state index contributed by atoms with van der Waals surface area (Å²) in [7, 11) is 0.238. The molecule has 0 radical (unpaired) electrons. The zero-order valence-electron chi connectivity index (χ0n) is 13.9. The maximum Gasteiger partial charge on any atom is 0.337 e. The third-order valence-corrected chi connectivity index (χ3v) is 5.26. The first-order valence-electron chi connectivity index (χ1n) is 7.23. The molecule has 0 saturated heterocycles. The monoisotopic (exact) mass is 330 g/mol. The van der Waals surface area contributed by atoms with Crippen LogP contribution in [0, 0.1) is 0 Å². The van der Waals surface area contributed by atoms with Crippen molar-refractivity contribution >= 4 is 25.2 Å². The van der Waals surface area contributed by atoms with Crippen LogP contribution < -0.4 is 5.19 Å². The van der Waals surface area contributed by atoms with Crippen LogP contribution in [0.3, 0.4) is 0 Å². The van der Waals surface area contributed by atoms with E-state index in [-0.39, 0.29) is 5.56 Å². The van der Waals surface area contributed by atoms with Gasteiger partial charge in [-0.25, -0.2) is 9.59 Å². The first-order chi connectivity index (χ1) is 10.8. The Bertz CT molecular complexity index is 643. The van der Waals surface area contributed by atoms with Crippen molar-refractivity contribution in [3.63, 3.8) is 0 Å². The fourth-order valence-electron chi connectivity index (χ4n) is 1.80. The van der Waals surface area contributed by atoms with Gasteiger partial charge in [-0.2, -0.15) is 0 Å². The molecule has 1 N–H and O–H groups in total. The Morgan fingerprint density at radius 3 is 1.70 bits per heavy atom. The minimum Gasteiger partial charge on any atom is -0.478 e. The van der Waals surface area contributed by atoms with Crippen molar-refractivity contribution < 1.29 is 19.4 Å². The molecule has 0 aliphatic rings. The maximum absolute atomic E-state index is 10.9. The molecule has 0 aliphatic carbocycles. The van der Waals surface area contributed by atoms with Gasteiger partial charge in [-0.3, -0.25) is 0 Å². The summed E-state index contributed by atoms with van der Waals surface area (Å²) in [4.78, 5) is 21.4. The topological polar surface area (TPSA) is 63.6 Å². The standard InChI is InChI=1S/C9H8O4.C9H14Si/c1-13-9(12)7-4-2-6(3-5-7)8(10)11;1-10(2,3)9-7-5-4-6-8-9/h2-5H,1H3,(H,10,11);4-8H,1-3H3. The van der Waals surface area contributed by atoms with E-state index in [1.807, 2.05) is 0 Å². The molecule has 4 nitrogen and oxygen atoms in total. The number of rotatable bonds is 3. The van der Waals surface area contributed by atoms with Crippen LogP contribution in [-0.4, -0.2) is 32.2 Å². The molecule has 0 spiro atoms. The molecule has 2 aromatic carbocycles. The zero-order valence-corrected chi connectivity index (χ0v) is 14.9. The van der Waals surface area contributed by atoms with Gasteiger partial charge in [0.15, 0.2) is 0 Å². The Balaban J connectivity index is 0.000000238. The summed E-state index contributed by atoms with van der Waals surface area (Å²) >= 11 is 0. The molecular formula is C18H22O4Si. The summed E-state index contributed by atoms with van der Waals surface area (Å²) in [5.74, 6) is -1.49. The summed E-state index contributed by atoms with van der Waals surface area (Å²) in [6.07, 6.45) is 0. The molecule has 0 atom stereocenters. The van der Waals surface area contributed by atoms with Crippen molar-refractivity contribution in [1.82, 2.24) is 0 Å². The summed E-state index contributed by atoms with van der Waals surface area (Å²) in [6.45, 7) is 7.09. The van der Waals surface area contributed by atoms with Crippen LogP contribution in [0.4, 0.5) is 0 Å². The van der Waals surface area contributed by atoms with Gasteiger partial charge in [0.1, 0.15) is 0 Å². The second-order valence-corrected chi connectivity index (χ2v) is 11.1.